The lowest BCUT2D eigenvalue weighted by atomic mass is 9.90. The molecule has 2 aromatic heterocycles. The van der Waals surface area contributed by atoms with Crippen LogP contribution in [0, 0.1) is 0 Å². The Morgan fingerprint density at radius 3 is 1.86 bits per heavy atom. The third-order valence-corrected chi connectivity index (χ3v) is 11.1. The smallest absolute Gasteiger partial charge is 0.0555 e. The van der Waals surface area contributed by atoms with Crippen molar-refractivity contribution in [2.24, 2.45) is 0 Å². The number of aromatic nitrogens is 1. The zero-order valence-corrected chi connectivity index (χ0v) is 27.9. The first-order valence-electron chi connectivity index (χ1n) is 16.9. The van der Waals surface area contributed by atoms with Gasteiger partial charge in [-0.25, -0.2) is 0 Å². The van der Waals surface area contributed by atoms with Crippen molar-refractivity contribution >= 4 is 80.9 Å². The van der Waals surface area contributed by atoms with Crippen molar-refractivity contribution in [3.8, 4) is 22.3 Å². The molecule has 10 rings (SSSR count). The molecule has 8 aromatic carbocycles. The van der Waals surface area contributed by atoms with E-state index in [-0.39, 0.29) is 0 Å². The minimum Gasteiger partial charge on any atom is -0.310 e. The van der Waals surface area contributed by atoms with Crippen LogP contribution in [0.15, 0.2) is 182 Å². The van der Waals surface area contributed by atoms with Gasteiger partial charge in [0.25, 0.3) is 0 Å². The van der Waals surface area contributed by atoms with Gasteiger partial charge in [0.05, 0.1) is 5.69 Å². The number of fused-ring (bicyclic) bond motifs is 8. The van der Waals surface area contributed by atoms with E-state index in [0.717, 1.165) is 17.1 Å². The molecule has 0 saturated heterocycles. The Kier molecular flexibility index (Phi) is 6.71. The fourth-order valence-electron chi connectivity index (χ4n) is 7.60. The maximum Gasteiger partial charge on any atom is 0.0555 e. The van der Waals surface area contributed by atoms with Gasteiger partial charge in [-0.3, -0.25) is 4.98 Å². The first kappa shape index (κ1) is 28.7. The van der Waals surface area contributed by atoms with Crippen LogP contribution in [0.5, 0.6) is 0 Å². The molecule has 0 aliphatic carbocycles. The molecule has 3 heteroatoms. The van der Waals surface area contributed by atoms with Crippen molar-refractivity contribution in [2.75, 3.05) is 4.90 Å². The molecule has 0 radical (unpaired) electrons. The standard InChI is InChI=1S/C47H30N2S/c1-2-9-31(10-3-1)32-17-22-36(23-18-32)49(43-15-8-16-45-47(43)42-30-48-28-27-44(42)50-45)37-24-19-34(20-25-37)41-29-35-12-5-7-14-39(35)46-38-13-6-4-11-33(38)21-26-40(41)46/h1-30H. The summed E-state index contributed by atoms with van der Waals surface area (Å²) in [5, 5.41) is 10.1. The normalized spacial score (nSPS) is 11.6. The van der Waals surface area contributed by atoms with Crippen LogP contribution in [0.4, 0.5) is 17.1 Å². The van der Waals surface area contributed by atoms with Crippen LogP contribution in [0.2, 0.25) is 0 Å². The van der Waals surface area contributed by atoms with Crippen LogP contribution in [0.1, 0.15) is 0 Å². The van der Waals surface area contributed by atoms with Gasteiger partial charge in [-0.1, -0.05) is 121 Å². The molecule has 0 N–H and O–H groups in total. The third kappa shape index (κ3) is 4.67. The Morgan fingerprint density at radius 2 is 1.08 bits per heavy atom. The van der Waals surface area contributed by atoms with E-state index in [0.29, 0.717) is 0 Å². The van der Waals surface area contributed by atoms with E-state index in [4.69, 9.17) is 0 Å². The summed E-state index contributed by atoms with van der Waals surface area (Å²) in [5.74, 6) is 0. The number of anilines is 3. The Hall–Kier alpha value is -6.29. The largest absolute Gasteiger partial charge is 0.310 e. The number of thiophene rings is 1. The van der Waals surface area contributed by atoms with Crippen molar-refractivity contribution < 1.29 is 0 Å². The lowest BCUT2D eigenvalue weighted by molar-refractivity contribution is 1.30. The first-order valence-corrected chi connectivity index (χ1v) is 17.8. The monoisotopic (exact) mass is 654 g/mol. The summed E-state index contributed by atoms with van der Waals surface area (Å²) < 4.78 is 2.50. The summed E-state index contributed by atoms with van der Waals surface area (Å²) in [6, 6.07) is 61.8. The first-order chi connectivity index (χ1) is 24.8. The van der Waals surface area contributed by atoms with E-state index in [1.54, 1.807) is 0 Å². The van der Waals surface area contributed by atoms with Crippen LogP contribution in [-0.2, 0) is 0 Å². The maximum absolute atomic E-state index is 4.52. The average Bonchev–Trinajstić information content (AvgIpc) is 3.58. The van der Waals surface area contributed by atoms with Gasteiger partial charge in [0.1, 0.15) is 0 Å². The quantitative estimate of drug-likeness (QED) is 0.172. The highest BCUT2D eigenvalue weighted by molar-refractivity contribution is 7.25. The van der Waals surface area contributed by atoms with Crippen LogP contribution in [-0.4, -0.2) is 4.98 Å². The minimum absolute atomic E-state index is 1.10. The molecule has 0 atom stereocenters. The van der Waals surface area contributed by atoms with Crippen LogP contribution in [0.25, 0.3) is 74.7 Å². The van der Waals surface area contributed by atoms with Gasteiger partial charge >= 0.3 is 0 Å². The molecule has 234 valence electrons. The molecule has 0 aliphatic rings. The second-order valence-electron chi connectivity index (χ2n) is 12.8. The molecule has 0 bridgehead atoms. The van der Waals surface area contributed by atoms with Gasteiger partial charge in [-0.05, 0) is 103 Å². The maximum atomic E-state index is 4.52. The predicted octanol–water partition coefficient (Wildman–Crippen LogP) is 13.7. The lowest BCUT2D eigenvalue weighted by Gasteiger charge is -2.27. The van der Waals surface area contributed by atoms with E-state index < -0.39 is 0 Å². The van der Waals surface area contributed by atoms with E-state index >= 15 is 0 Å². The van der Waals surface area contributed by atoms with Gasteiger partial charge in [-0.15, -0.1) is 11.3 Å². The Labute approximate surface area is 294 Å². The van der Waals surface area contributed by atoms with E-state index in [1.807, 2.05) is 23.7 Å². The van der Waals surface area contributed by atoms with Gasteiger partial charge in [0.2, 0.25) is 0 Å². The summed E-state index contributed by atoms with van der Waals surface area (Å²) in [5.41, 5.74) is 8.20. The van der Waals surface area contributed by atoms with Crippen molar-refractivity contribution in [2.45, 2.75) is 0 Å². The van der Waals surface area contributed by atoms with Crippen molar-refractivity contribution in [3.05, 3.63) is 182 Å². The van der Waals surface area contributed by atoms with Gasteiger partial charge < -0.3 is 4.90 Å². The zero-order valence-electron chi connectivity index (χ0n) is 27.1. The number of benzene rings is 8. The topological polar surface area (TPSA) is 16.1 Å². The van der Waals surface area contributed by atoms with E-state index in [9.17, 15) is 0 Å². The zero-order chi connectivity index (χ0) is 33.0. The fourth-order valence-corrected chi connectivity index (χ4v) is 8.69. The highest BCUT2D eigenvalue weighted by Crippen LogP contribution is 2.46. The highest BCUT2D eigenvalue weighted by atomic mass is 32.1. The van der Waals surface area contributed by atoms with Crippen molar-refractivity contribution in [3.63, 3.8) is 0 Å². The van der Waals surface area contributed by atoms with Crippen molar-refractivity contribution in [1.82, 2.24) is 4.98 Å². The number of hydrogen-bond donors (Lipinski definition) is 0. The molecule has 10 aromatic rings. The SMILES string of the molecule is c1ccc(-c2ccc(N(c3ccc(-c4cc5ccccc5c5c4ccc4ccccc45)cc3)c3cccc4sc5ccncc5c34)cc2)cc1. The second kappa shape index (κ2) is 11.7. The summed E-state index contributed by atoms with van der Waals surface area (Å²) in [6.45, 7) is 0. The number of pyridine rings is 1. The van der Waals surface area contributed by atoms with Crippen molar-refractivity contribution in [1.29, 1.82) is 0 Å². The van der Waals surface area contributed by atoms with Gasteiger partial charge in [-0.2, -0.15) is 0 Å². The van der Waals surface area contributed by atoms with E-state index in [1.165, 1.54) is 74.7 Å². The summed E-state index contributed by atoms with van der Waals surface area (Å²) in [7, 11) is 0. The predicted molar refractivity (Wildman–Crippen MR) is 215 cm³/mol. The summed E-state index contributed by atoms with van der Waals surface area (Å²) in [6.07, 6.45) is 3.89. The average molecular weight is 655 g/mol. The van der Waals surface area contributed by atoms with Gasteiger partial charge in [0, 0.05) is 43.9 Å². The highest BCUT2D eigenvalue weighted by Gasteiger charge is 2.19. The fraction of sp³-hybridized carbons (Fsp3) is 0. The minimum atomic E-state index is 1.10. The number of nitrogens with zero attached hydrogens (tertiary/aromatic N) is 2. The summed E-state index contributed by atoms with van der Waals surface area (Å²) in [4.78, 5) is 6.92. The second-order valence-corrected chi connectivity index (χ2v) is 13.9. The van der Waals surface area contributed by atoms with Crippen LogP contribution < -0.4 is 4.90 Å². The Bertz CT molecular complexity index is 2840. The van der Waals surface area contributed by atoms with Crippen LogP contribution >= 0.6 is 11.3 Å². The molecule has 0 aliphatic heterocycles. The molecule has 0 saturated carbocycles. The molecule has 50 heavy (non-hydrogen) atoms. The lowest BCUT2D eigenvalue weighted by Crippen LogP contribution is -2.10. The van der Waals surface area contributed by atoms with E-state index in [2.05, 4.69) is 180 Å². The molecule has 0 unspecified atom stereocenters. The molecular formula is C47H30N2S. The molecule has 2 nitrogen and oxygen atoms in total. The molecule has 0 fully saturated rings. The number of rotatable bonds is 5. The third-order valence-electron chi connectivity index (χ3n) is 9.93. The molecule has 0 amide bonds. The molecule has 2 heterocycles. The van der Waals surface area contributed by atoms with Crippen LogP contribution in [0.3, 0.4) is 0 Å². The molecule has 0 spiro atoms. The number of hydrogen-bond acceptors (Lipinski definition) is 3. The summed E-state index contributed by atoms with van der Waals surface area (Å²) >= 11 is 1.82. The Balaban J connectivity index is 1.16. The van der Waals surface area contributed by atoms with Gasteiger partial charge in [0.15, 0.2) is 0 Å². The Morgan fingerprint density at radius 1 is 0.420 bits per heavy atom. The molecular weight excluding hydrogens is 625 g/mol.